The van der Waals surface area contributed by atoms with E-state index in [-0.39, 0.29) is 23.4 Å². The summed E-state index contributed by atoms with van der Waals surface area (Å²) in [5.41, 5.74) is 1.82. The standard InChI is InChI=1S/C23H25F2N7O2/c1-30(2)12-11-26-20(33)15-7-9-16(10-8-15)28-22-27-13-18-19(29-22)32(17-5-4-6-17)14-23(24,25)21(34)31(18)3/h4-10,13H,11-12,14H2,1-3H3,(H,26,33)(H,27,28,29). The molecule has 1 aliphatic heterocycles. The number of alkyl halides is 2. The molecule has 0 saturated carbocycles. The van der Waals surface area contributed by atoms with Gasteiger partial charge < -0.3 is 25.3 Å². The molecule has 0 bridgehead atoms. The van der Waals surface area contributed by atoms with Crippen LogP contribution in [0.2, 0.25) is 0 Å². The van der Waals surface area contributed by atoms with E-state index in [4.69, 9.17) is 0 Å². The summed E-state index contributed by atoms with van der Waals surface area (Å²) in [4.78, 5) is 37.3. The number of hydrogen-bond donors (Lipinski definition) is 2. The number of fused-ring (bicyclic) bond motifs is 1. The van der Waals surface area contributed by atoms with Crippen LogP contribution >= 0.6 is 0 Å². The molecule has 0 atom stereocenters. The number of aromatic nitrogens is 2. The molecule has 1 aliphatic carbocycles. The monoisotopic (exact) mass is 469 g/mol. The van der Waals surface area contributed by atoms with E-state index in [1.807, 2.05) is 19.0 Å². The number of hydrogen-bond acceptors (Lipinski definition) is 7. The maximum absolute atomic E-state index is 14.5. The van der Waals surface area contributed by atoms with Gasteiger partial charge in [0.15, 0.2) is 5.82 Å². The lowest BCUT2D eigenvalue weighted by Crippen LogP contribution is -2.46. The van der Waals surface area contributed by atoms with Crippen molar-refractivity contribution in [1.29, 1.82) is 0 Å². The van der Waals surface area contributed by atoms with Crippen LogP contribution in [0.25, 0.3) is 0 Å². The molecule has 0 saturated heterocycles. The van der Waals surface area contributed by atoms with Gasteiger partial charge in [0.2, 0.25) is 5.95 Å². The molecule has 0 fully saturated rings. The van der Waals surface area contributed by atoms with Gasteiger partial charge in [-0.25, -0.2) is 4.98 Å². The number of rotatable bonds is 7. The summed E-state index contributed by atoms with van der Waals surface area (Å²) < 4.78 is 29.1. The summed E-state index contributed by atoms with van der Waals surface area (Å²) in [5.74, 6) is -4.72. The minimum Gasteiger partial charge on any atom is -0.351 e. The zero-order valence-corrected chi connectivity index (χ0v) is 19.0. The summed E-state index contributed by atoms with van der Waals surface area (Å²) in [6.07, 6.45) is 6.41. The van der Waals surface area contributed by atoms with Gasteiger partial charge in [0.25, 0.3) is 11.8 Å². The summed E-state index contributed by atoms with van der Waals surface area (Å²) in [6, 6.07) is 6.74. The van der Waals surface area contributed by atoms with Gasteiger partial charge in [-0.15, -0.1) is 0 Å². The first-order chi connectivity index (χ1) is 16.2. The van der Waals surface area contributed by atoms with Crippen molar-refractivity contribution in [2.75, 3.05) is 55.9 Å². The van der Waals surface area contributed by atoms with Crippen molar-refractivity contribution in [2.45, 2.75) is 5.92 Å². The Kier molecular flexibility index (Phi) is 6.29. The Morgan fingerprint density at radius 1 is 1.24 bits per heavy atom. The van der Waals surface area contributed by atoms with Crippen LogP contribution in [0.5, 0.6) is 0 Å². The van der Waals surface area contributed by atoms with Crippen LogP contribution in [-0.4, -0.2) is 73.4 Å². The number of likely N-dealkylation sites (N-methyl/N-ethyl adjacent to an activating group) is 1. The molecule has 34 heavy (non-hydrogen) atoms. The summed E-state index contributed by atoms with van der Waals surface area (Å²) in [5, 5.41) is 5.87. The Bertz CT molecular complexity index is 1160. The minimum atomic E-state index is -3.59. The zero-order chi connectivity index (χ0) is 24.5. The lowest BCUT2D eigenvalue weighted by atomic mass is 10.1. The number of nitrogens with zero attached hydrogens (tertiary/aromatic N) is 5. The van der Waals surface area contributed by atoms with Crippen molar-refractivity contribution in [3.63, 3.8) is 0 Å². The van der Waals surface area contributed by atoms with E-state index < -0.39 is 18.4 Å². The third kappa shape index (κ3) is 4.74. The van der Waals surface area contributed by atoms with Crippen LogP contribution < -0.4 is 20.4 Å². The largest absolute Gasteiger partial charge is 0.351 e. The van der Waals surface area contributed by atoms with E-state index in [9.17, 15) is 18.4 Å². The number of benzene rings is 1. The van der Waals surface area contributed by atoms with Crippen LogP contribution in [0.4, 0.5) is 31.9 Å². The molecule has 1 aromatic carbocycles. The fourth-order valence-corrected chi connectivity index (χ4v) is 3.46. The van der Waals surface area contributed by atoms with E-state index in [1.54, 1.807) is 42.5 Å². The molecule has 4 rings (SSSR count). The molecule has 2 amide bonds. The smallest absolute Gasteiger partial charge is 0.342 e. The second-order valence-corrected chi connectivity index (χ2v) is 8.27. The van der Waals surface area contributed by atoms with Crippen molar-refractivity contribution in [2.24, 2.45) is 0 Å². The van der Waals surface area contributed by atoms with E-state index in [0.29, 0.717) is 23.5 Å². The van der Waals surface area contributed by atoms with Gasteiger partial charge in [-0.1, -0.05) is 6.08 Å². The van der Waals surface area contributed by atoms with Crippen molar-refractivity contribution < 1.29 is 18.4 Å². The van der Waals surface area contributed by atoms with Crippen LogP contribution in [0.3, 0.4) is 0 Å². The van der Waals surface area contributed by atoms with Gasteiger partial charge in [-0.05, 0) is 50.5 Å². The fraction of sp³-hybridized carbons (Fsp3) is 0.304. The van der Waals surface area contributed by atoms with Gasteiger partial charge in [0.1, 0.15) is 5.69 Å². The average molecular weight is 469 g/mol. The van der Waals surface area contributed by atoms with Gasteiger partial charge in [0, 0.05) is 37.1 Å². The van der Waals surface area contributed by atoms with E-state index in [2.05, 4.69) is 20.6 Å². The number of allylic oxidation sites excluding steroid dienone is 3. The second-order valence-electron chi connectivity index (χ2n) is 8.27. The molecule has 2 aliphatic rings. The number of carbonyl (C=O) groups excluding carboxylic acids is 2. The normalized spacial score (nSPS) is 16.5. The molecule has 2 aromatic rings. The van der Waals surface area contributed by atoms with E-state index in [1.165, 1.54) is 18.1 Å². The molecule has 0 radical (unpaired) electrons. The van der Waals surface area contributed by atoms with Crippen LogP contribution in [0, 0.1) is 0 Å². The highest BCUT2D eigenvalue weighted by atomic mass is 19.3. The highest BCUT2D eigenvalue weighted by Crippen LogP contribution is 2.38. The van der Waals surface area contributed by atoms with Gasteiger partial charge >= 0.3 is 5.92 Å². The van der Waals surface area contributed by atoms with Crippen molar-refractivity contribution >= 4 is 35.0 Å². The quantitative estimate of drug-likeness (QED) is 0.643. The molecule has 0 spiro atoms. The van der Waals surface area contributed by atoms with E-state index in [0.717, 1.165) is 11.4 Å². The Hall–Kier alpha value is -3.86. The van der Waals surface area contributed by atoms with E-state index >= 15 is 0 Å². The van der Waals surface area contributed by atoms with Crippen LogP contribution in [-0.2, 0) is 4.79 Å². The number of amides is 2. The average Bonchev–Trinajstić information content (AvgIpc) is 2.82. The fourth-order valence-electron chi connectivity index (χ4n) is 3.46. The Balaban J connectivity index is 1.54. The lowest BCUT2D eigenvalue weighted by molar-refractivity contribution is -0.140. The maximum atomic E-state index is 14.5. The molecular formula is C23H25F2N7O2. The minimum absolute atomic E-state index is 0.168. The highest BCUT2D eigenvalue weighted by molar-refractivity contribution is 6.02. The topological polar surface area (TPSA) is 93.7 Å². The Morgan fingerprint density at radius 2 is 1.94 bits per heavy atom. The molecule has 11 heteroatoms. The van der Waals surface area contributed by atoms with Crippen molar-refractivity contribution in [1.82, 2.24) is 20.2 Å². The molecule has 1 aromatic heterocycles. The van der Waals surface area contributed by atoms with Crippen molar-refractivity contribution in [3.05, 3.63) is 60.0 Å². The van der Waals surface area contributed by atoms with Crippen molar-refractivity contribution in [3.8, 4) is 0 Å². The SMILES string of the molecule is CN(C)CCNC(=O)c1ccc(Nc2ncc3c(n2)N(C2=CC=C2)CC(F)(F)C(=O)N3C)cc1. The third-order valence-corrected chi connectivity index (χ3v) is 5.43. The molecule has 2 heterocycles. The summed E-state index contributed by atoms with van der Waals surface area (Å²) in [7, 11) is 5.14. The molecular weight excluding hydrogens is 444 g/mol. The third-order valence-electron chi connectivity index (χ3n) is 5.43. The van der Waals surface area contributed by atoms with Gasteiger partial charge in [0.05, 0.1) is 12.7 Å². The highest BCUT2D eigenvalue weighted by Gasteiger charge is 2.48. The summed E-state index contributed by atoms with van der Waals surface area (Å²) in [6.45, 7) is 0.442. The predicted molar refractivity (Wildman–Crippen MR) is 126 cm³/mol. The molecule has 178 valence electrons. The predicted octanol–water partition coefficient (Wildman–Crippen LogP) is 2.38. The molecule has 0 unspecified atom stereocenters. The number of halogens is 2. The second kappa shape index (κ2) is 9.18. The number of nitrogens with one attached hydrogen (secondary N) is 2. The first-order valence-corrected chi connectivity index (χ1v) is 10.6. The van der Waals surface area contributed by atoms with Gasteiger partial charge in [-0.3, -0.25) is 9.59 Å². The number of carbonyl (C=O) groups is 2. The maximum Gasteiger partial charge on any atom is 0.342 e. The Labute approximate surface area is 195 Å². The van der Waals surface area contributed by atoms with Gasteiger partial charge in [-0.2, -0.15) is 13.8 Å². The first kappa shape index (κ1) is 23.3. The Morgan fingerprint density at radius 3 is 2.56 bits per heavy atom. The van der Waals surface area contributed by atoms with Crippen LogP contribution in [0.15, 0.2) is 54.4 Å². The number of anilines is 4. The molecule has 2 N–H and O–H groups in total. The lowest BCUT2D eigenvalue weighted by Gasteiger charge is -2.28. The zero-order valence-electron chi connectivity index (χ0n) is 19.0. The van der Waals surface area contributed by atoms with Crippen LogP contribution in [0.1, 0.15) is 10.4 Å². The summed E-state index contributed by atoms with van der Waals surface area (Å²) >= 11 is 0. The molecule has 9 nitrogen and oxygen atoms in total. The first-order valence-electron chi connectivity index (χ1n) is 10.6.